The lowest BCUT2D eigenvalue weighted by atomic mass is 9.83. The van der Waals surface area contributed by atoms with E-state index in [0.717, 1.165) is 32.7 Å². The van der Waals surface area contributed by atoms with Crippen LogP contribution in [0.1, 0.15) is 63.9 Å². The molecule has 1 aromatic carbocycles. The number of rotatable bonds is 13. The van der Waals surface area contributed by atoms with Gasteiger partial charge in [0, 0.05) is 13.2 Å². The number of unbranched alkanes of at least 4 members (excludes halogenated alkanes) is 3. The number of benzene rings is 1. The summed E-state index contributed by atoms with van der Waals surface area (Å²) >= 11 is 0. The molecule has 0 heterocycles. The van der Waals surface area contributed by atoms with Gasteiger partial charge >= 0.3 is 0 Å². The molecular formula is C23H38NO2. The summed E-state index contributed by atoms with van der Waals surface area (Å²) < 4.78 is 6.11. The van der Waals surface area contributed by atoms with Gasteiger partial charge in [-0.15, -0.1) is 0 Å². The van der Waals surface area contributed by atoms with Crippen molar-refractivity contribution < 1.29 is 9.84 Å². The third-order valence-corrected chi connectivity index (χ3v) is 5.52. The van der Waals surface area contributed by atoms with E-state index in [1.165, 1.54) is 56.9 Å². The maximum absolute atomic E-state index is 8.99. The van der Waals surface area contributed by atoms with Crippen molar-refractivity contribution in [2.45, 2.75) is 70.8 Å². The first-order valence-corrected chi connectivity index (χ1v) is 10.6. The highest BCUT2D eigenvalue weighted by molar-refractivity contribution is 5.19. The predicted octanol–water partition coefficient (Wildman–Crippen LogP) is 4.64. The summed E-state index contributed by atoms with van der Waals surface area (Å²) in [6.45, 7) is 6.32. The number of aliphatic hydroxyl groups excluding tert-OH is 1. The van der Waals surface area contributed by atoms with Crippen LogP contribution in [0.2, 0.25) is 0 Å². The fourth-order valence-electron chi connectivity index (χ4n) is 3.84. The molecule has 0 saturated heterocycles. The van der Waals surface area contributed by atoms with E-state index in [2.05, 4.69) is 42.2 Å². The molecule has 0 aliphatic heterocycles. The monoisotopic (exact) mass is 360 g/mol. The summed E-state index contributed by atoms with van der Waals surface area (Å²) in [5.41, 5.74) is 1.45. The molecule has 1 radical (unpaired) electrons. The van der Waals surface area contributed by atoms with Crippen molar-refractivity contribution in [3.8, 4) is 0 Å². The van der Waals surface area contributed by atoms with Crippen LogP contribution in [0.3, 0.4) is 0 Å². The summed E-state index contributed by atoms with van der Waals surface area (Å²) in [6.07, 6.45) is 11.4. The maximum Gasteiger partial charge on any atom is 0.0575 e. The number of ether oxygens (including phenoxy) is 1. The van der Waals surface area contributed by atoms with Crippen LogP contribution in [-0.4, -0.2) is 49.0 Å². The molecule has 2 rings (SSSR count). The Kier molecular flexibility index (Phi) is 10.9. The number of hydrogen-bond donors (Lipinski definition) is 1. The zero-order chi connectivity index (χ0) is 18.5. The molecule has 1 aromatic rings. The van der Waals surface area contributed by atoms with E-state index in [1.54, 1.807) is 5.92 Å². The van der Waals surface area contributed by atoms with Crippen LogP contribution in [0.15, 0.2) is 30.3 Å². The summed E-state index contributed by atoms with van der Waals surface area (Å²) in [4.78, 5) is 2.32. The van der Waals surface area contributed by atoms with Crippen molar-refractivity contribution in [2.75, 3.05) is 32.8 Å². The normalized spacial score (nSPS) is 16.4. The van der Waals surface area contributed by atoms with Gasteiger partial charge in [0.25, 0.3) is 0 Å². The maximum atomic E-state index is 8.99. The van der Waals surface area contributed by atoms with Crippen molar-refractivity contribution in [1.29, 1.82) is 0 Å². The highest BCUT2D eigenvalue weighted by Crippen LogP contribution is 2.30. The molecule has 0 unspecified atom stereocenters. The Hall–Kier alpha value is -0.900. The predicted molar refractivity (Wildman–Crippen MR) is 109 cm³/mol. The Bertz CT molecular complexity index is 443. The number of nitrogens with zero attached hydrogens (tertiary/aromatic N) is 1. The van der Waals surface area contributed by atoms with Crippen LogP contribution in [0, 0.1) is 5.92 Å². The minimum Gasteiger partial charge on any atom is -0.395 e. The molecule has 1 saturated carbocycles. The van der Waals surface area contributed by atoms with E-state index >= 15 is 0 Å². The van der Waals surface area contributed by atoms with Crippen molar-refractivity contribution in [1.82, 2.24) is 4.90 Å². The van der Waals surface area contributed by atoms with Gasteiger partial charge in [-0.3, -0.25) is 0 Å². The molecule has 0 bridgehead atoms. The SMILES string of the molecule is CCN(CCO)CCCCCCOC1CC[C](Cc2ccccc2)CC1. The van der Waals surface area contributed by atoms with Gasteiger partial charge in [0.1, 0.15) is 0 Å². The van der Waals surface area contributed by atoms with E-state index in [1.807, 2.05) is 0 Å². The van der Waals surface area contributed by atoms with Crippen LogP contribution in [0.4, 0.5) is 0 Å². The molecular weight excluding hydrogens is 322 g/mol. The second kappa shape index (κ2) is 13.3. The molecule has 147 valence electrons. The van der Waals surface area contributed by atoms with Gasteiger partial charge in [-0.2, -0.15) is 0 Å². The van der Waals surface area contributed by atoms with Gasteiger partial charge in [0.15, 0.2) is 0 Å². The third-order valence-electron chi connectivity index (χ3n) is 5.52. The van der Waals surface area contributed by atoms with Gasteiger partial charge in [-0.05, 0) is 69.5 Å². The second-order valence-corrected chi connectivity index (χ2v) is 7.55. The fourth-order valence-corrected chi connectivity index (χ4v) is 3.84. The van der Waals surface area contributed by atoms with Crippen LogP contribution in [-0.2, 0) is 11.2 Å². The molecule has 1 aliphatic rings. The topological polar surface area (TPSA) is 32.7 Å². The molecule has 3 nitrogen and oxygen atoms in total. The summed E-state index contributed by atoms with van der Waals surface area (Å²) in [6, 6.07) is 10.8. The molecule has 26 heavy (non-hydrogen) atoms. The average Bonchev–Trinajstić information content (AvgIpc) is 2.68. The molecule has 0 amide bonds. The molecule has 1 fully saturated rings. The van der Waals surface area contributed by atoms with Gasteiger partial charge in [-0.25, -0.2) is 0 Å². The lowest BCUT2D eigenvalue weighted by molar-refractivity contribution is 0.0291. The minimum absolute atomic E-state index is 0.271. The van der Waals surface area contributed by atoms with Crippen LogP contribution in [0.25, 0.3) is 0 Å². The molecule has 1 N–H and O–H groups in total. The van der Waals surface area contributed by atoms with Gasteiger partial charge in [0.2, 0.25) is 0 Å². The quantitative estimate of drug-likeness (QED) is 0.520. The van der Waals surface area contributed by atoms with E-state index in [9.17, 15) is 0 Å². The van der Waals surface area contributed by atoms with E-state index in [4.69, 9.17) is 9.84 Å². The average molecular weight is 361 g/mol. The Morgan fingerprint density at radius 3 is 2.42 bits per heavy atom. The zero-order valence-electron chi connectivity index (χ0n) is 16.7. The Morgan fingerprint density at radius 2 is 1.73 bits per heavy atom. The third kappa shape index (κ3) is 8.66. The summed E-state index contributed by atoms with van der Waals surface area (Å²) in [5, 5.41) is 8.99. The lowest BCUT2D eigenvalue weighted by Crippen LogP contribution is -2.27. The van der Waals surface area contributed by atoms with Crippen LogP contribution < -0.4 is 0 Å². The van der Waals surface area contributed by atoms with Crippen molar-refractivity contribution in [3.63, 3.8) is 0 Å². The largest absolute Gasteiger partial charge is 0.395 e. The van der Waals surface area contributed by atoms with E-state index in [0.29, 0.717) is 6.10 Å². The summed E-state index contributed by atoms with van der Waals surface area (Å²) in [5.74, 6) is 1.69. The number of hydrogen-bond acceptors (Lipinski definition) is 3. The van der Waals surface area contributed by atoms with Crippen LogP contribution in [0.5, 0.6) is 0 Å². The Balaban J connectivity index is 1.45. The first kappa shape index (κ1) is 21.4. The van der Waals surface area contributed by atoms with Gasteiger partial charge in [0.05, 0.1) is 12.7 Å². The molecule has 0 atom stereocenters. The molecule has 1 aliphatic carbocycles. The lowest BCUT2D eigenvalue weighted by Gasteiger charge is -2.28. The Labute approximate surface area is 160 Å². The van der Waals surface area contributed by atoms with Crippen LogP contribution >= 0.6 is 0 Å². The first-order chi connectivity index (χ1) is 12.8. The highest BCUT2D eigenvalue weighted by atomic mass is 16.5. The highest BCUT2D eigenvalue weighted by Gasteiger charge is 2.22. The van der Waals surface area contributed by atoms with Crippen molar-refractivity contribution in [3.05, 3.63) is 41.8 Å². The van der Waals surface area contributed by atoms with Gasteiger partial charge in [-0.1, -0.05) is 50.1 Å². The van der Waals surface area contributed by atoms with Crippen molar-refractivity contribution >= 4 is 0 Å². The van der Waals surface area contributed by atoms with E-state index < -0.39 is 0 Å². The molecule has 0 aromatic heterocycles. The van der Waals surface area contributed by atoms with E-state index in [-0.39, 0.29) is 6.61 Å². The standard InChI is InChI=1S/C23H38NO2/c1-2-24(17-18-25)16-8-3-4-9-19-26-23-14-12-22(13-15-23)20-21-10-6-5-7-11-21/h5-7,10-11,23,25H,2-4,8-9,12-20H2,1H3. The first-order valence-electron chi connectivity index (χ1n) is 10.6. The number of likely N-dealkylation sites (N-methyl/N-ethyl adjacent to an activating group) is 1. The van der Waals surface area contributed by atoms with Crippen molar-refractivity contribution in [2.24, 2.45) is 0 Å². The summed E-state index contributed by atoms with van der Waals surface area (Å²) in [7, 11) is 0. The second-order valence-electron chi connectivity index (χ2n) is 7.55. The van der Waals surface area contributed by atoms with Gasteiger partial charge < -0.3 is 14.7 Å². The smallest absolute Gasteiger partial charge is 0.0575 e. The molecule has 3 heteroatoms. The minimum atomic E-state index is 0.271. The fraction of sp³-hybridized carbons (Fsp3) is 0.696. The number of aliphatic hydroxyl groups is 1. The zero-order valence-corrected chi connectivity index (χ0v) is 16.7. The molecule has 0 spiro atoms. The Morgan fingerprint density at radius 1 is 1.00 bits per heavy atom.